The lowest BCUT2D eigenvalue weighted by molar-refractivity contribution is 0.0747. The van der Waals surface area contributed by atoms with Gasteiger partial charge in [0.15, 0.2) is 0 Å². The lowest BCUT2D eigenvalue weighted by atomic mass is 9.96. The molecule has 0 unspecified atom stereocenters. The minimum Gasteiger partial charge on any atom is -0.377 e. The number of hydrogen-bond donors (Lipinski definition) is 0. The van der Waals surface area contributed by atoms with Gasteiger partial charge in [0.05, 0.1) is 18.8 Å². The molecule has 3 atom stereocenters. The van der Waals surface area contributed by atoms with Crippen LogP contribution in [0.25, 0.3) is 0 Å². The van der Waals surface area contributed by atoms with Crippen LogP contribution in [0.2, 0.25) is 0 Å². The first-order valence-corrected chi connectivity index (χ1v) is 5.36. The van der Waals surface area contributed by atoms with Gasteiger partial charge in [-0.1, -0.05) is 29.5 Å². The molecule has 1 aliphatic rings. The van der Waals surface area contributed by atoms with Gasteiger partial charge in [-0.05, 0) is 16.6 Å². The number of methoxy groups -OCH3 is 1. The molecule has 0 amide bonds. The molecule has 1 heterocycles. The average molecular weight is 282 g/mol. The van der Waals surface area contributed by atoms with Crippen molar-refractivity contribution in [1.82, 2.24) is 0 Å². The van der Waals surface area contributed by atoms with Crippen molar-refractivity contribution < 1.29 is 9.47 Å². The Labute approximate surface area is 87.5 Å². The third-order valence-corrected chi connectivity index (χ3v) is 3.28. The van der Waals surface area contributed by atoms with Crippen LogP contribution in [0.15, 0.2) is 9.66 Å². The standard InChI is InChI=1S/C9H15IO2/c1-6(4-10)9(11-3)7(2)8-5-12-8/h4,7-9H,5H2,1-3H3/b6-4+/t7-,8-,9-/m0/s1. The van der Waals surface area contributed by atoms with Crippen molar-refractivity contribution in [3.63, 3.8) is 0 Å². The fourth-order valence-corrected chi connectivity index (χ4v) is 1.79. The zero-order valence-corrected chi connectivity index (χ0v) is 9.87. The van der Waals surface area contributed by atoms with E-state index >= 15 is 0 Å². The highest BCUT2D eigenvalue weighted by atomic mass is 127. The van der Waals surface area contributed by atoms with Crippen LogP contribution >= 0.6 is 22.6 Å². The van der Waals surface area contributed by atoms with E-state index in [4.69, 9.17) is 9.47 Å². The van der Waals surface area contributed by atoms with Crippen LogP contribution in [-0.2, 0) is 9.47 Å². The third kappa shape index (κ3) is 2.44. The molecule has 0 aromatic rings. The van der Waals surface area contributed by atoms with Crippen LogP contribution in [-0.4, -0.2) is 25.9 Å². The first kappa shape index (κ1) is 10.5. The first-order valence-electron chi connectivity index (χ1n) is 4.12. The molecule has 1 rings (SSSR count). The van der Waals surface area contributed by atoms with Gasteiger partial charge in [0.2, 0.25) is 0 Å². The first-order chi connectivity index (χ1) is 5.70. The summed E-state index contributed by atoms with van der Waals surface area (Å²) in [6.45, 7) is 5.17. The maximum Gasteiger partial charge on any atom is 0.0863 e. The molecule has 0 aliphatic carbocycles. The summed E-state index contributed by atoms with van der Waals surface area (Å²) in [7, 11) is 1.76. The second-order valence-electron chi connectivity index (χ2n) is 3.24. The van der Waals surface area contributed by atoms with E-state index in [0.29, 0.717) is 12.0 Å². The predicted molar refractivity (Wildman–Crippen MR) is 57.5 cm³/mol. The van der Waals surface area contributed by atoms with Crippen LogP contribution in [0, 0.1) is 5.92 Å². The topological polar surface area (TPSA) is 21.8 Å². The van der Waals surface area contributed by atoms with Crippen LogP contribution in [0.5, 0.6) is 0 Å². The molecule has 0 spiro atoms. The molecule has 0 radical (unpaired) electrons. The van der Waals surface area contributed by atoms with Gasteiger partial charge in [0.1, 0.15) is 0 Å². The summed E-state index contributed by atoms with van der Waals surface area (Å²) in [4.78, 5) is 0. The van der Waals surface area contributed by atoms with E-state index in [0.717, 1.165) is 6.61 Å². The molecule has 0 N–H and O–H groups in total. The Hall–Kier alpha value is 0.390. The monoisotopic (exact) mass is 282 g/mol. The van der Waals surface area contributed by atoms with Crippen LogP contribution < -0.4 is 0 Å². The summed E-state index contributed by atoms with van der Waals surface area (Å²) < 4.78 is 12.7. The van der Waals surface area contributed by atoms with Crippen molar-refractivity contribution in [3.05, 3.63) is 9.66 Å². The molecular weight excluding hydrogens is 267 g/mol. The van der Waals surface area contributed by atoms with E-state index in [9.17, 15) is 0 Å². The summed E-state index contributed by atoms with van der Waals surface area (Å²) in [6.07, 6.45) is 0.635. The number of rotatable bonds is 4. The van der Waals surface area contributed by atoms with Gasteiger partial charge in [-0.2, -0.15) is 0 Å². The molecule has 0 aromatic carbocycles. The molecule has 0 aromatic heterocycles. The largest absolute Gasteiger partial charge is 0.377 e. The molecular formula is C9H15IO2. The molecule has 1 aliphatic heterocycles. The van der Waals surface area contributed by atoms with Gasteiger partial charge in [-0.3, -0.25) is 0 Å². The lowest BCUT2D eigenvalue weighted by Gasteiger charge is -2.21. The fourth-order valence-electron chi connectivity index (χ4n) is 1.43. The summed E-state index contributed by atoms with van der Waals surface area (Å²) in [6, 6.07) is 0. The second kappa shape index (κ2) is 4.58. The predicted octanol–water partition coefficient (Wildman–Crippen LogP) is 2.38. The number of halogens is 1. The van der Waals surface area contributed by atoms with Gasteiger partial charge < -0.3 is 9.47 Å². The minimum absolute atomic E-state index is 0.217. The highest BCUT2D eigenvalue weighted by Crippen LogP contribution is 2.28. The molecule has 2 nitrogen and oxygen atoms in total. The molecule has 0 bridgehead atoms. The van der Waals surface area contributed by atoms with E-state index in [2.05, 4.69) is 40.5 Å². The summed E-state index contributed by atoms with van der Waals surface area (Å²) in [5, 5.41) is 0. The molecule has 3 heteroatoms. The van der Waals surface area contributed by atoms with E-state index < -0.39 is 0 Å². The van der Waals surface area contributed by atoms with Gasteiger partial charge >= 0.3 is 0 Å². The maximum absolute atomic E-state index is 5.41. The molecule has 70 valence electrons. The summed E-state index contributed by atoms with van der Waals surface area (Å²) in [5.74, 6) is 0.473. The minimum atomic E-state index is 0.217. The van der Waals surface area contributed by atoms with E-state index in [1.807, 2.05) is 0 Å². The van der Waals surface area contributed by atoms with E-state index in [1.165, 1.54) is 5.57 Å². The number of epoxide rings is 1. The number of hydrogen-bond acceptors (Lipinski definition) is 2. The van der Waals surface area contributed by atoms with Gasteiger partial charge in [0, 0.05) is 13.0 Å². The Balaban J connectivity index is 2.53. The van der Waals surface area contributed by atoms with Gasteiger partial charge in [-0.15, -0.1) is 0 Å². The van der Waals surface area contributed by atoms with Crippen LogP contribution in [0.3, 0.4) is 0 Å². The van der Waals surface area contributed by atoms with E-state index in [1.54, 1.807) is 7.11 Å². The van der Waals surface area contributed by atoms with Crippen LogP contribution in [0.1, 0.15) is 13.8 Å². The summed E-state index contributed by atoms with van der Waals surface area (Å²) >= 11 is 2.25. The Morgan fingerprint density at radius 2 is 2.33 bits per heavy atom. The Bertz CT molecular complexity index is 175. The quantitative estimate of drug-likeness (QED) is 0.583. The summed E-state index contributed by atoms with van der Waals surface area (Å²) in [5.41, 5.74) is 1.28. The van der Waals surface area contributed by atoms with Crippen molar-refractivity contribution in [2.45, 2.75) is 26.1 Å². The van der Waals surface area contributed by atoms with Crippen molar-refractivity contribution >= 4 is 22.6 Å². The van der Waals surface area contributed by atoms with Crippen molar-refractivity contribution in [2.75, 3.05) is 13.7 Å². The SMILES string of the molecule is CO[C@@H](/C(C)=C/I)[C@@H](C)[C@@H]1CO1. The fraction of sp³-hybridized carbons (Fsp3) is 0.778. The molecule has 12 heavy (non-hydrogen) atoms. The van der Waals surface area contributed by atoms with Crippen LogP contribution in [0.4, 0.5) is 0 Å². The zero-order chi connectivity index (χ0) is 9.14. The average Bonchev–Trinajstić information content (AvgIpc) is 2.87. The molecule has 1 fully saturated rings. The van der Waals surface area contributed by atoms with Crippen molar-refractivity contribution in [2.24, 2.45) is 5.92 Å². The smallest absolute Gasteiger partial charge is 0.0863 e. The maximum atomic E-state index is 5.41. The highest BCUT2D eigenvalue weighted by Gasteiger charge is 2.35. The molecule has 0 saturated carbocycles. The normalized spacial score (nSPS) is 28.3. The van der Waals surface area contributed by atoms with Crippen molar-refractivity contribution in [3.8, 4) is 0 Å². The zero-order valence-electron chi connectivity index (χ0n) is 7.71. The Kier molecular flexibility index (Phi) is 3.99. The van der Waals surface area contributed by atoms with Gasteiger partial charge in [0.25, 0.3) is 0 Å². The Morgan fingerprint density at radius 3 is 2.67 bits per heavy atom. The molecule has 1 saturated heterocycles. The number of ether oxygens (including phenoxy) is 2. The lowest BCUT2D eigenvalue weighted by Crippen LogP contribution is -2.25. The Morgan fingerprint density at radius 1 is 1.75 bits per heavy atom. The third-order valence-electron chi connectivity index (χ3n) is 2.30. The van der Waals surface area contributed by atoms with E-state index in [-0.39, 0.29) is 6.10 Å². The highest BCUT2D eigenvalue weighted by molar-refractivity contribution is 14.1. The van der Waals surface area contributed by atoms with Gasteiger partial charge in [-0.25, -0.2) is 0 Å². The van der Waals surface area contributed by atoms with Crippen molar-refractivity contribution in [1.29, 1.82) is 0 Å². The second-order valence-corrected chi connectivity index (χ2v) is 3.86.